The summed E-state index contributed by atoms with van der Waals surface area (Å²) in [6, 6.07) is 32.9. The summed E-state index contributed by atoms with van der Waals surface area (Å²) in [7, 11) is 0. The fourth-order valence-electron chi connectivity index (χ4n) is 4.92. The van der Waals surface area contributed by atoms with Crippen molar-refractivity contribution in [2.45, 2.75) is 25.8 Å². The maximum atomic E-state index is 12.8. The van der Waals surface area contributed by atoms with Crippen LogP contribution in [0.15, 0.2) is 112 Å². The molecule has 2 heterocycles. The molecule has 0 bridgehead atoms. The van der Waals surface area contributed by atoms with Crippen molar-refractivity contribution in [3.8, 4) is 0 Å². The molecule has 0 saturated heterocycles. The first-order valence-corrected chi connectivity index (χ1v) is 13.9. The lowest BCUT2D eigenvalue weighted by atomic mass is 9.90. The molecule has 5 nitrogen and oxygen atoms in total. The Morgan fingerprint density at radius 2 is 1.45 bits per heavy atom. The van der Waals surface area contributed by atoms with Crippen molar-refractivity contribution in [1.29, 1.82) is 0 Å². The van der Waals surface area contributed by atoms with E-state index in [-0.39, 0.29) is 5.78 Å². The van der Waals surface area contributed by atoms with Crippen molar-refractivity contribution in [3.05, 3.63) is 129 Å². The molecule has 38 heavy (non-hydrogen) atoms. The number of nitrogens with zero attached hydrogens (tertiary/aromatic N) is 4. The van der Waals surface area contributed by atoms with Gasteiger partial charge in [0.1, 0.15) is 0 Å². The van der Waals surface area contributed by atoms with Crippen LogP contribution in [-0.4, -0.2) is 16.5 Å². The van der Waals surface area contributed by atoms with E-state index in [1.165, 1.54) is 17.3 Å². The van der Waals surface area contributed by atoms with Crippen molar-refractivity contribution in [2.24, 2.45) is 10.2 Å². The van der Waals surface area contributed by atoms with Gasteiger partial charge in [-0.3, -0.25) is 4.79 Å². The van der Waals surface area contributed by atoms with Gasteiger partial charge in [-0.2, -0.15) is 10.2 Å². The minimum atomic E-state index is -0.950. The number of hydrogen-bond donors (Lipinski definition) is 0. The Kier molecular flexibility index (Phi) is 6.20. The van der Waals surface area contributed by atoms with Crippen molar-refractivity contribution < 1.29 is 4.79 Å². The number of fused-ring (bicyclic) bond motifs is 2. The standard InChI is InChI=1S/C31H25BrN4OS/c1-20-13-14-21(2)27(19-20)29-26-11-7-8-12-28(26)31(35(33-29)24-9-5-4-6-10-24)36(34-30(38-31)22(3)37)25-17-15-23(32)16-18-25/h4-19H,1-3H3. The number of hydrogen-bond acceptors (Lipinski definition) is 6. The van der Waals surface area contributed by atoms with Crippen LogP contribution in [0, 0.1) is 13.8 Å². The number of ketones is 1. The first-order valence-electron chi connectivity index (χ1n) is 12.3. The highest BCUT2D eigenvalue weighted by Crippen LogP contribution is 2.55. The lowest BCUT2D eigenvalue weighted by Crippen LogP contribution is -2.54. The number of Topliss-reactive ketones (excluding diaryl/α,β-unsaturated/α-hetero) is 1. The molecule has 2 aliphatic rings. The molecule has 1 atom stereocenters. The van der Waals surface area contributed by atoms with E-state index >= 15 is 0 Å². The van der Waals surface area contributed by atoms with E-state index in [0.717, 1.165) is 43.8 Å². The number of para-hydroxylation sites is 1. The third-order valence-corrected chi connectivity index (χ3v) is 8.70. The highest BCUT2D eigenvalue weighted by Gasteiger charge is 2.55. The number of halogens is 1. The maximum Gasteiger partial charge on any atom is 0.234 e. The van der Waals surface area contributed by atoms with Crippen LogP contribution in [-0.2, 0) is 9.79 Å². The normalized spacial score (nSPS) is 18.3. The van der Waals surface area contributed by atoms with Crippen LogP contribution < -0.4 is 10.0 Å². The number of carbonyl (C=O) groups excluding carboxylic acids is 1. The molecule has 0 fully saturated rings. The molecule has 0 amide bonds. The monoisotopic (exact) mass is 580 g/mol. The van der Waals surface area contributed by atoms with E-state index in [2.05, 4.69) is 60.1 Å². The van der Waals surface area contributed by atoms with Gasteiger partial charge in [-0.1, -0.05) is 76.1 Å². The van der Waals surface area contributed by atoms with Gasteiger partial charge in [0.2, 0.25) is 4.99 Å². The summed E-state index contributed by atoms with van der Waals surface area (Å²) in [6.45, 7) is 5.79. The number of aryl methyl sites for hydroxylation is 2. The number of benzene rings is 4. The van der Waals surface area contributed by atoms with Crippen LogP contribution in [0.2, 0.25) is 0 Å². The summed E-state index contributed by atoms with van der Waals surface area (Å²) in [5, 5.41) is 14.7. The first kappa shape index (κ1) is 24.6. The van der Waals surface area contributed by atoms with E-state index in [1.54, 1.807) is 6.92 Å². The van der Waals surface area contributed by atoms with E-state index in [4.69, 9.17) is 10.2 Å². The van der Waals surface area contributed by atoms with Crippen LogP contribution in [0.4, 0.5) is 11.4 Å². The number of rotatable bonds is 4. The molecular weight excluding hydrogens is 556 g/mol. The Morgan fingerprint density at radius 1 is 0.789 bits per heavy atom. The molecule has 0 aliphatic carbocycles. The molecular formula is C31H25BrN4OS. The van der Waals surface area contributed by atoms with Gasteiger partial charge in [0, 0.05) is 28.1 Å². The second kappa shape index (κ2) is 9.57. The summed E-state index contributed by atoms with van der Waals surface area (Å²) >= 11 is 4.98. The highest BCUT2D eigenvalue weighted by atomic mass is 79.9. The molecule has 4 aromatic carbocycles. The first-order chi connectivity index (χ1) is 18.4. The number of carbonyl (C=O) groups is 1. The van der Waals surface area contributed by atoms with E-state index in [9.17, 15) is 4.79 Å². The van der Waals surface area contributed by atoms with Gasteiger partial charge in [-0.25, -0.2) is 10.0 Å². The molecule has 0 N–H and O–H groups in total. The maximum absolute atomic E-state index is 12.8. The average Bonchev–Trinajstić information content (AvgIpc) is 3.33. The van der Waals surface area contributed by atoms with Gasteiger partial charge in [0.15, 0.2) is 10.8 Å². The largest absolute Gasteiger partial charge is 0.292 e. The zero-order valence-electron chi connectivity index (χ0n) is 21.2. The number of thioether (sulfide) groups is 1. The zero-order valence-corrected chi connectivity index (χ0v) is 23.6. The molecule has 6 rings (SSSR count). The quantitative estimate of drug-likeness (QED) is 0.249. The summed E-state index contributed by atoms with van der Waals surface area (Å²) in [5.41, 5.74) is 8.09. The smallest absolute Gasteiger partial charge is 0.234 e. The number of hydrazone groups is 2. The van der Waals surface area contributed by atoms with Gasteiger partial charge >= 0.3 is 0 Å². The topological polar surface area (TPSA) is 48.3 Å². The second-order valence-electron chi connectivity index (χ2n) is 9.42. The SMILES string of the molecule is CC(=O)C1=NN(c2ccc(Br)cc2)C2(S1)c1ccccc1C(c1cc(C)ccc1C)=NN2c1ccccc1. The molecule has 4 aromatic rings. The Labute approximate surface area is 235 Å². The van der Waals surface area contributed by atoms with Crippen molar-refractivity contribution in [3.63, 3.8) is 0 Å². The molecule has 0 aromatic heterocycles. The predicted molar refractivity (Wildman–Crippen MR) is 161 cm³/mol. The van der Waals surface area contributed by atoms with Crippen LogP contribution >= 0.6 is 27.7 Å². The Morgan fingerprint density at radius 3 is 2.18 bits per heavy atom. The molecule has 188 valence electrons. The molecule has 1 spiro atoms. The fourth-order valence-corrected chi connectivity index (χ4v) is 6.47. The van der Waals surface area contributed by atoms with Crippen LogP contribution in [0.3, 0.4) is 0 Å². The lowest BCUT2D eigenvalue weighted by Gasteiger charge is -2.47. The second-order valence-corrected chi connectivity index (χ2v) is 11.5. The highest BCUT2D eigenvalue weighted by molar-refractivity contribution is 9.10. The van der Waals surface area contributed by atoms with Crippen molar-refractivity contribution >= 4 is 55.6 Å². The molecule has 7 heteroatoms. The van der Waals surface area contributed by atoms with E-state index in [1.807, 2.05) is 76.7 Å². The van der Waals surface area contributed by atoms with E-state index in [0.29, 0.717) is 5.04 Å². The van der Waals surface area contributed by atoms with Gasteiger partial charge in [0.25, 0.3) is 0 Å². The van der Waals surface area contributed by atoms with Crippen LogP contribution in [0.1, 0.15) is 34.7 Å². The Balaban J connectivity index is 1.68. The molecule has 0 saturated carbocycles. The third-order valence-electron chi connectivity index (χ3n) is 6.76. The minimum Gasteiger partial charge on any atom is -0.292 e. The van der Waals surface area contributed by atoms with Gasteiger partial charge in [-0.05, 0) is 73.6 Å². The minimum absolute atomic E-state index is 0.0798. The molecule has 2 aliphatic heterocycles. The Hall–Kier alpha value is -3.68. The van der Waals surface area contributed by atoms with Gasteiger partial charge in [0.05, 0.1) is 17.1 Å². The van der Waals surface area contributed by atoms with Crippen molar-refractivity contribution in [2.75, 3.05) is 10.0 Å². The summed E-state index contributed by atoms with van der Waals surface area (Å²) < 4.78 is 0.970. The lowest BCUT2D eigenvalue weighted by molar-refractivity contribution is -0.110. The van der Waals surface area contributed by atoms with Crippen LogP contribution in [0.5, 0.6) is 0 Å². The average molecular weight is 582 g/mol. The van der Waals surface area contributed by atoms with Gasteiger partial charge < -0.3 is 0 Å². The summed E-state index contributed by atoms with van der Waals surface area (Å²) in [5.74, 6) is -0.0798. The summed E-state index contributed by atoms with van der Waals surface area (Å²) in [4.78, 5) is 11.8. The van der Waals surface area contributed by atoms with E-state index < -0.39 is 4.99 Å². The van der Waals surface area contributed by atoms with Crippen molar-refractivity contribution in [1.82, 2.24) is 0 Å². The molecule has 0 radical (unpaired) electrons. The van der Waals surface area contributed by atoms with Crippen LogP contribution in [0.25, 0.3) is 0 Å². The van der Waals surface area contributed by atoms with Gasteiger partial charge in [-0.15, -0.1) is 0 Å². The predicted octanol–water partition coefficient (Wildman–Crippen LogP) is 7.60. The Bertz CT molecular complexity index is 1620. The third kappa shape index (κ3) is 3.97. The summed E-state index contributed by atoms with van der Waals surface area (Å²) in [6.07, 6.45) is 0. The fraction of sp³-hybridized carbons (Fsp3) is 0.129. The number of anilines is 2. The molecule has 1 unspecified atom stereocenters. The zero-order chi connectivity index (χ0) is 26.4.